The van der Waals surface area contributed by atoms with Crippen LogP contribution in [0.15, 0.2) is 42.5 Å². The summed E-state index contributed by atoms with van der Waals surface area (Å²) in [5, 5.41) is 3.06. The van der Waals surface area contributed by atoms with E-state index in [0.717, 1.165) is 41.4 Å². The van der Waals surface area contributed by atoms with Crippen LogP contribution in [0.2, 0.25) is 0 Å². The minimum atomic E-state index is -0.104. The average molecular weight is 409 g/mol. The van der Waals surface area contributed by atoms with E-state index >= 15 is 0 Å². The van der Waals surface area contributed by atoms with Gasteiger partial charge in [-0.25, -0.2) is 0 Å². The molecule has 3 rings (SSSR count). The van der Waals surface area contributed by atoms with Crippen molar-refractivity contribution in [1.29, 1.82) is 0 Å². The van der Waals surface area contributed by atoms with Gasteiger partial charge in [0.15, 0.2) is 6.61 Å². The van der Waals surface area contributed by atoms with Crippen LogP contribution in [0.1, 0.15) is 69.2 Å². The van der Waals surface area contributed by atoms with Gasteiger partial charge in [0, 0.05) is 18.8 Å². The van der Waals surface area contributed by atoms with Crippen LogP contribution in [-0.2, 0) is 4.79 Å². The fraction of sp³-hybridized carbons (Fsp3) is 0.500. The number of benzene rings is 2. The van der Waals surface area contributed by atoms with Gasteiger partial charge >= 0.3 is 0 Å². The Morgan fingerprint density at radius 2 is 1.77 bits per heavy atom. The van der Waals surface area contributed by atoms with Crippen LogP contribution in [0.4, 0.5) is 5.69 Å². The van der Waals surface area contributed by atoms with Gasteiger partial charge in [-0.15, -0.1) is 0 Å². The Labute approximate surface area is 181 Å². The molecule has 0 aromatic heterocycles. The van der Waals surface area contributed by atoms with E-state index in [2.05, 4.69) is 67.4 Å². The number of piperidine rings is 1. The molecule has 2 aromatic carbocycles. The van der Waals surface area contributed by atoms with Crippen LogP contribution in [0.3, 0.4) is 0 Å². The molecule has 0 bridgehead atoms. The van der Waals surface area contributed by atoms with E-state index in [-0.39, 0.29) is 18.6 Å². The fourth-order valence-electron chi connectivity index (χ4n) is 3.99. The summed E-state index contributed by atoms with van der Waals surface area (Å²) in [6.07, 6.45) is 2.52. The average Bonchev–Trinajstić information content (AvgIpc) is 2.72. The zero-order valence-corrected chi connectivity index (χ0v) is 19.1. The standard InChI is InChI=1S/C26H36N2O2/c1-18(2)24-11-6-20(4)16-25(24)30-17-26(29)27-21(5)22-7-9-23(10-8-22)28-14-12-19(3)13-15-28/h6-11,16,18-19,21H,12-15,17H2,1-5H3,(H,27,29)/t21-/m0/s1. The molecule has 4 heteroatoms. The predicted molar refractivity (Wildman–Crippen MR) is 124 cm³/mol. The number of nitrogens with one attached hydrogen (secondary N) is 1. The molecule has 0 aliphatic carbocycles. The summed E-state index contributed by atoms with van der Waals surface area (Å²) < 4.78 is 5.87. The largest absolute Gasteiger partial charge is 0.483 e. The minimum absolute atomic E-state index is 0.0254. The van der Waals surface area contributed by atoms with Crippen molar-refractivity contribution in [3.63, 3.8) is 0 Å². The third-order valence-electron chi connectivity index (χ3n) is 6.07. The molecule has 2 aromatic rings. The van der Waals surface area contributed by atoms with Crippen molar-refractivity contribution in [3.8, 4) is 5.75 Å². The van der Waals surface area contributed by atoms with E-state index in [1.165, 1.54) is 18.5 Å². The van der Waals surface area contributed by atoms with E-state index in [1.54, 1.807) is 0 Å². The summed E-state index contributed by atoms with van der Waals surface area (Å²) in [7, 11) is 0. The van der Waals surface area contributed by atoms with Crippen molar-refractivity contribution >= 4 is 11.6 Å². The Hall–Kier alpha value is -2.49. The van der Waals surface area contributed by atoms with Gasteiger partial charge in [0.1, 0.15) is 5.75 Å². The Balaban J connectivity index is 1.54. The molecule has 0 saturated carbocycles. The van der Waals surface area contributed by atoms with Crippen molar-refractivity contribution in [3.05, 3.63) is 59.2 Å². The molecule has 0 radical (unpaired) electrons. The maximum absolute atomic E-state index is 12.5. The number of nitrogens with zero attached hydrogens (tertiary/aromatic N) is 1. The van der Waals surface area contributed by atoms with Gasteiger partial charge in [0.05, 0.1) is 6.04 Å². The first kappa shape index (κ1) is 22.2. The van der Waals surface area contributed by atoms with E-state index in [0.29, 0.717) is 5.92 Å². The normalized spacial score (nSPS) is 15.9. The molecule has 162 valence electrons. The SMILES string of the molecule is Cc1ccc(C(C)C)c(OCC(=O)N[C@@H](C)c2ccc(N3CCC(C)CC3)cc2)c1. The van der Waals surface area contributed by atoms with Gasteiger partial charge < -0.3 is 15.0 Å². The van der Waals surface area contributed by atoms with E-state index in [4.69, 9.17) is 4.74 Å². The maximum atomic E-state index is 12.5. The molecule has 1 saturated heterocycles. The van der Waals surface area contributed by atoms with Gasteiger partial charge in [0.2, 0.25) is 0 Å². The molecular weight excluding hydrogens is 372 g/mol. The number of amides is 1. The van der Waals surface area contributed by atoms with Gasteiger partial charge in [-0.2, -0.15) is 0 Å². The van der Waals surface area contributed by atoms with E-state index < -0.39 is 0 Å². The molecule has 4 nitrogen and oxygen atoms in total. The number of aryl methyl sites for hydroxylation is 1. The molecule has 0 spiro atoms. The molecular formula is C26H36N2O2. The van der Waals surface area contributed by atoms with Crippen LogP contribution in [0.25, 0.3) is 0 Å². The number of hydrogen-bond acceptors (Lipinski definition) is 3. The number of hydrogen-bond donors (Lipinski definition) is 1. The summed E-state index contributed by atoms with van der Waals surface area (Å²) in [5.74, 6) is 1.87. The molecule has 1 N–H and O–H groups in total. The zero-order valence-electron chi connectivity index (χ0n) is 19.1. The summed E-state index contributed by atoms with van der Waals surface area (Å²) in [5.41, 5.74) is 4.64. The number of carbonyl (C=O) groups excluding carboxylic acids is 1. The first-order valence-electron chi connectivity index (χ1n) is 11.2. The molecule has 1 amide bonds. The number of ether oxygens (including phenoxy) is 1. The molecule has 1 aliphatic rings. The van der Waals surface area contributed by atoms with Crippen molar-refractivity contribution in [2.45, 2.75) is 59.4 Å². The van der Waals surface area contributed by atoms with Gasteiger partial charge in [-0.1, -0.05) is 45.0 Å². The smallest absolute Gasteiger partial charge is 0.258 e. The van der Waals surface area contributed by atoms with Crippen molar-refractivity contribution < 1.29 is 9.53 Å². The first-order valence-corrected chi connectivity index (χ1v) is 11.2. The number of carbonyl (C=O) groups is 1. The van der Waals surface area contributed by atoms with Crippen LogP contribution in [0.5, 0.6) is 5.75 Å². The second kappa shape index (κ2) is 10.0. The van der Waals surface area contributed by atoms with Gasteiger partial charge in [-0.05, 0) is 73.4 Å². The van der Waals surface area contributed by atoms with Crippen LogP contribution >= 0.6 is 0 Å². The molecule has 0 unspecified atom stereocenters. The maximum Gasteiger partial charge on any atom is 0.258 e. The molecule has 1 heterocycles. The lowest BCUT2D eigenvalue weighted by Crippen LogP contribution is -2.33. The van der Waals surface area contributed by atoms with Crippen LogP contribution in [0, 0.1) is 12.8 Å². The highest BCUT2D eigenvalue weighted by atomic mass is 16.5. The van der Waals surface area contributed by atoms with E-state index in [1.807, 2.05) is 19.9 Å². The lowest BCUT2D eigenvalue weighted by molar-refractivity contribution is -0.123. The topological polar surface area (TPSA) is 41.6 Å². The lowest BCUT2D eigenvalue weighted by atomic mass is 9.98. The van der Waals surface area contributed by atoms with E-state index in [9.17, 15) is 4.79 Å². The highest BCUT2D eigenvalue weighted by molar-refractivity contribution is 5.78. The number of rotatable bonds is 7. The summed E-state index contributed by atoms with van der Waals surface area (Å²) in [6.45, 7) is 12.9. The van der Waals surface area contributed by atoms with Crippen LogP contribution in [-0.4, -0.2) is 25.6 Å². The monoisotopic (exact) mass is 408 g/mol. The summed E-state index contributed by atoms with van der Waals surface area (Å²) in [4.78, 5) is 14.9. The third kappa shape index (κ3) is 5.78. The van der Waals surface area contributed by atoms with Gasteiger partial charge in [-0.3, -0.25) is 4.79 Å². The summed E-state index contributed by atoms with van der Waals surface area (Å²) in [6, 6.07) is 14.7. The molecule has 1 atom stereocenters. The molecule has 30 heavy (non-hydrogen) atoms. The molecule has 1 aliphatic heterocycles. The number of anilines is 1. The first-order chi connectivity index (χ1) is 14.3. The van der Waals surface area contributed by atoms with Gasteiger partial charge in [0.25, 0.3) is 5.91 Å². The fourth-order valence-corrected chi connectivity index (χ4v) is 3.99. The second-order valence-electron chi connectivity index (χ2n) is 9.03. The Morgan fingerprint density at radius 1 is 1.10 bits per heavy atom. The Bertz CT molecular complexity index is 837. The predicted octanol–water partition coefficient (Wildman–Crippen LogP) is 5.61. The highest BCUT2D eigenvalue weighted by Gasteiger charge is 2.17. The zero-order chi connectivity index (χ0) is 21.7. The lowest BCUT2D eigenvalue weighted by Gasteiger charge is -2.32. The highest BCUT2D eigenvalue weighted by Crippen LogP contribution is 2.28. The van der Waals surface area contributed by atoms with Crippen molar-refractivity contribution in [1.82, 2.24) is 5.32 Å². The minimum Gasteiger partial charge on any atom is -0.483 e. The Kier molecular flexibility index (Phi) is 7.41. The van der Waals surface area contributed by atoms with Crippen molar-refractivity contribution in [2.24, 2.45) is 5.92 Å². The second-order valence-corrected chi connectivity index (χ2v) is 9.03. The summed E-state index contributed by atoms with van der Waals surface area (Å²) >= 11 is 0. The Morgan fingerprint density at radius 3 is 2.40 bits per heavy atom. The van der Waals surface area contributed by atoms with Crippen molar-refractivity contribution in [2.75, 3.05) is 24.6 Å². The quantitative estimate of drug-likeness (QED) is 0.647. The van der Waals surface area contributed by atoms with Crippen LogP contribution < -0.4 is 15.0 Å². The molecule has 1 fully saturated rings. The third-order valence-corrected chi connectivity index (χ3v) is 6.07.